The van der Waals surface area contributed by atoms with Crippen LogP contribution in [0.1, 0.15) is 35.4 Å². The molecule has 0 aromatic carbocycles. The third-order valence-electron chi connectivity index (χ3n) is 3.14. The minimum Gasteiger partial charge on any atom is -0.351 e. The second-order valence-electron chi connectivity index (χ2n) is 4.62. The molecule has 0 spiro atoms. The molecule has 17 heavy (non-hydrogen) atoms. The first kappa shape index (κ1) is 12.6. The minimum atomic E-state index is 0.171. The van der Waals surface area contributed by atoms with Crippen molar-refractivity contribution in [2.24, 2.45) is 0 Å². The maximum Gasteiger partial charge on any atom is 0.220 e. The molecule has 1 aliphatic rings. The highest BCUT2D eigenvalue weighted by Gasteiger charge is 2.15. The summed E-state index contributed by atoms with van der Waals surface area (Å²) in [5.41, 5.74) is 0. The summed E-state index contributed by atoms with van der Waals surface area (Å²) in [6.07, 6.45) is 4.08. The van der Waals surface area contributed by atoms with Gasteiger partial charge in [-0.3, -0.25) is 4.79 Å². The van der Waals surface area contributed by atoms with Crippen molar-refractivity contribution in [3.63, 3.8) is 0 Å². The lowest BCUT2D eigenvalue weighted by Crippen LogP contribution is -2.26. The van der Waals surface area contributed by atoms with Crippen molar-refractivity contribution < 1.29 is 4.79 Å². The molecule has 2 heterocycles. The molecule has 3 nitrogen and oxygen atoms in total. The first-order valence-electron chi connectivity index (χ1n) is 6.29. The van der Waals surface area contributed by atoms with Crippen molar-refractivity contribution >= 4 is 17.2 Å². The Kier molecular flexibility index (Phi) is 4.57. The Labute approximate surface area is 107 Å². The van der Waals surface area contributed by atoms with Crippen LogP contribution in [-0.2, 0) is 11.3 Å². The molecule has 1 aromatic heterocycles. The van der Waals surface area contributed by atoms with Gasteiger partial charge in [0.05, 0.1) is 6.54 Å². The highest BCUT2D eigenvalue weighted by atomic mass is 32.1. The number of thiophene rings is 1. The van der Waals surface area contributed by atoms with E-state index in [0.717, 1.165) is 13.0 Å². The summed E-state index contributed by atoms with van der Waals surface area (Å²) in [4.78, 5) is 14.2. The Balaban J connectivity index is 1.63. The third-order valence-corrected chi connectivity index (χ3v) is 4.14. The largest absolute Gasteiger partial charge is 0.351 e. The summed E-state index contributed by atoms with van der Waals surface area (Å²) in [6.45, 7) is 3.87. The molecule has 0 aliphatic carbocycles. The number of hydrogen-bond donors (Lipinski definition) is 2. The van der Waals surface area contributed by atoms with Crippen LogP contribution < -0.4 is 10.6 Å². The molecule has 1 atom stereocenters. The minimum absolute atomic E-state index is 0.171. The van der Waals surface area contributed by atoms with E-state index in [9.17, 15) is 4.79 Å². The molecular formula is C13H20N2OS. The van der Waals surface area contributed by atoms with Crippen LogP contribution in [0.25, 0.3) is 0 Å². The second-order valence-corrected chi connectivity index (χ2v) is 5.99. The van der Waals surface area contributed by atoms with Crippen LogP contribution in [-0.4, -0.2) is 18.5 Å². The molecule has 94 valence electrons. The van der Waals surface area contributed by atoms with E-state index >= 15 is 0 Å². The maximum atomic E-state index is 11.6. The average molecular weight is 252 g/mol. The van der Waals surface area contributed by atoms with Gasteiger partial charge in [-0.1, -0.05) is 0 Å². The van der Waals surface area contributed by atoms with E-state index in [4.69, 9.17) is 0 Å². The molecule has 1 unspecified atom stereocenters. The van der Waals surface area contributed by atoms with E-state index in [-0.39, 0.29) is 5.91 Å². The summed E-state index contributed by atoms with van der Waals surface area (Å²) in [6, 6.07) is 4.73. The van der Waals surface area contributed by atoms with Gasteiger partial charge in [0.1, 0.15) is 0 Å². The number of hydrogen-bond acceptors (Lipinski definition) is 3. The monoisotopic (exact) mass is 252 g/mol. The van der Waals surface area contributed by atoms with Gasteiger partial charge in [0.25, 0.3) is 0 Å². The fourth-order valence-electron chi connectivity index (χ4n) is 2.16. The Bertz CT molecular complexity index is 369. The lowest BCUT2D eigenvalue weighted by Gasteiger charge is -2.09. The Morgan fingerprint density at radius 2 is 2.47 bits per heavy atom. The van der Waals surface area contributed by atoms with Crippen LogP contribution in [0, 0.1) is 6.92 Å². The smallest absolute Gasteiger partial charge is 0.220 e. The number of aryl methyl sites for hydroxylation is 1. The number of rotatable bonds is 5. The van der Waals surface area contributed by atoms with Gasteiger partial charge < -0.3 is 10.6 Å². The van der Waals surface area contributed by atoms with E-state index in [1.807, 2.05) is 0 Å². The summed E-state index contributed by atoms with van der Waals surface area (Å²) in [5.74, 6) is 0.171. The van der Waals surface area contributed by atoms with Gasteiger partial charge in [-0.15, -0.1) is 11.3 Å². The zero-order chi connectivity index (χ0) is 12.1. The fourth-order valence-corrected chi connectivity index (χ4v) is 2.99. The normalized spacial score (nSPS) is 19.5. The number of carbonyl (C=O) groups excluding carboxylic acids is 1. The maximum absolute atomic E-state index is 11.6. The SMILES string of the molecule is Cc1ccc(CNC(=O)CCC2CCCN2)s1. The number of amides is 1. The Morgan fingerprint density at radius 3 is 3.12 bits per heavy atom. The molecule has 1 aromatic rings. The van der Waals surface area contributed by atoms with E-state index < -0.39 is 0 Å². The molecule has 1 amide bonds. The van der Waals surface area contributed by atoms with Gasteiger partial charge >= 0.3 is 0 Å². The molecule has 1 fully saturated rings. The second kappa shape index (κ2) is 6.17. The predicted octanol–water partition coefficient (Wildman–Crippen LogP) is 2.20. The highest BCUT2D eigenvalue weighted by Crippen LogP contribution is 2.15. The topological polar surface area (TPSA) is 41.1 Å². The molecule has 4 heteroatoms. The molecule has 2 N–H and O–H groups in total. The fraction of sp³-hybridized carbons (Fsp3) is 0.615. The molecule has 0 radical (unpaired) electrons. The van der Waals surface area contributed by atoms with Crippen molar-refractivity contribution in [3.05, 3.63) is 21.9 Å². The summed E-state index contributed by atoms with van der Waals surface area (Å²) < 4.78 is 0. The van der Waals surface area contributed by atoms with E-state index in [1.165, 1.54) is 22.6 Å². The lowest BCUT2D eigenvalue weighted by atomic mass is 10.1. The zero-order valence-corrected chi connectivity index (χ0v) is 11.1. The van der Waals surface area contributed by atoms with Crippen LogP contribution in [0.3, 0.4) is 0 Å². The lowest BCUT2D eigenvalue weighted by molar-refractivity contribution is -0.121. The Hall–Kier alpha value is -0.870. The third kappa shape index (κ3) is 4.13. The van der Waals surface area contributed by atoms with Gasteiger partial charge in [0.2, 0.25) is 5.91 Å². The van der Waals surface area contributed by atoms with E-state index in [1.54, 1.807) is 11.3 Å². The predicted molar refractivity (Wildman–Crippen MR) is 71.2 cm³/mol. The van der Waals surface area contributed by atoms with Crippen LogP contribution in [0.5, 0.6) is 0 Å². The quantitative estimate of drug-likeness (QED) is 0.843. The molecule has 0 saturated carbocycles. The van der Waals surface area contributed by atoms with Crippen LogP contribution in [0.2, 0.25) is 0 Å². The van der Waals surface area contributed by atoms with Crippen molar-refractivity contribution in [2.45, 2.75) is 45.2 Å². The van der Waals surface area contributed by atoms with Gasteiger partial charge in [0.15, 0.2) is 0 Å². The first-order valence-corrected chi connectivity index (χ1v) is 7.11. The average Bonchev–Trinajstić information content (AvgIpc) is 2.95. The molecule has 0 bridgehead atoms. The zero-order valence-electron chi connectivity index (χ0n) is 10.3. The van der Waals surface area contributed by atoms with Crippen molar-refractivity contribution in [2.75, 3.05) is 6.54 Å². The van der Waals surface area contributed by atoms with Crippen LogP contribution in [0.15, 0.2) is 12.1 Å². The van der Waals surface area contributed by atoms with Gasteiger partial charge in [-0.2, -0.15) is 0 Å². The van der Waals surface area contributed by atoms with E-state index in [2.05, 4.69) is 29.7 Å². The van der Waals surface area contributed by atoms with Crippen LogP contribution >= 0.6 is 11.3 Å². The molecule has 2 rings (SSSR count). The highest BCUT2D eigenvalue weighted by molar-refractivity contribution is 7.11. The first-order chi connectivity index (χ1) is 8.24. The van der Waals surface area contributed by atoms with E-state index in [0.29, 0.717) is 19.0 Å². The van der Waals surface area contributed by atoms with Gasteiger partial charge in [-0.25, -0.2) is 0 Å². The standard InChI is InChI=1S/C13H20N2OS/c1-10-4-6-12(17-10)9-15-13(16)7-5-11-3-2-8-14-11/h4,6,11,14H,2-3,5,7-9H2,1H3,(H,15,16). The van der Waals surface area contributed by atoms with Crippen LogP contribution in [0.4, 0.5) is 0 Å². The molecule has 1 saturated heterocycles. The molecular weight excluding hydrogens is 232 g/mol. The van der Waals surface area contributed by atoms with Gasteiger partial charge in [-0.05, 0) is 44.9 Å². The molecule has 1 aliphatic heterocycles. The summed E-state index contributed by atoms with van der Waals surface area (Å²) in [7, 11) is 0. The van der Waals surface area contributed by atoms with Gasteiger partial charge in [0, 0.05) is 22.2 Å². The Morgan fingerprint density at radius 1 is 1.59 bits per heavy atom. The van der Waals surface area contributed by atoms with Crippen molar-refractivity contribution in [3.8, 4) is 0 Å². The summed E-state index contributed by atoms with van der Waals surface area (Å²) >= 11 is 1.75. The van der Waals surface area contributed by atoms with Crippen molar-refractivity contribution in [1.82, 2.24) is 10.6 Å². The van der Waals surface area contributed by atoms with Crippen molar-refractivity contribution in [1.29, 1.82) is 0 Å². The number of nitrogens with one attached hydrogen (secondary N) is 2. The number of carbonyl (C=O) groups is 1. The summed E-state index contributed by atoms with van der Waals surface area (Å²) in [5, 5.41) is 6.39.